The van der Waals surface area contributed by atoms with Crippen LogP contribution in [0.2, 0.25) is 0 Å². The number of carbonyl (C=O) groups is 1. The van der Waals surface area contributed by atoms with Crippen molar-refractivity contribution in [1.29, 1.82) is 0 Å². The van der Waals surface area contributed by atoms with Crippen molar-refractivity contribution in [1.82, 2.24) is 9.80 Å². The van der Waals surface area contributed by atoms with Crippen molar-refractivity contribution in [2.24, 2.45) is 0 Å². The van der Waals surface area contributed by atoms with Gasteiger partial charge in [0.1, 0.15) is 12.5 Å². The molecule has 2 saturated heterocycles. The average Bonchev–Trinajstić information content (AvgIpc) is 3.17. The molecular weight excluding hydrogens is 352 g/mol. The average molecular weight is 378 g/mol. The number of rotatable bonds is 6. The lowest BCUT2D eigenvalue weighted by atomic mass is 9.98. The van der Waals surface area contributed by atoms with Crippen LogP contribution < -0.4 is 0 Å². The topological polar surface area (TPSA) is 53.0 Å². The summed E-state index contributed by atoms with van der Waals surface area (Å²) < 4.78 is 6.12. The first-order valence-corrected chi connectivity index (χ1v) is 9.77. The van der Waals surface area contributed by atoms with Crippen LogP contribution in [-0.4, -0.2) is 53.3 Å². The van der Waals surface area contributed by atoms with Gasteiger partial charge in [0, 0.05) is 12.5 Å². The van der Waals surface area contributed by atoms with Gasteiger partial charge in [0.2, 0.25) is 0 Å². The summed E-state index contributed by atoms with van der Waals surface area (Å²) in [4.78, 5) is 15.6. The Labute approximate surface area is 165 Å². The van der Waals surface area contributed by atoms with Gasteiger partial charge in [-0.2, -0.15) is 0 Å². The van der Waals surface area contributed by atoms with Crippen LogP contribution >= 0.6 is 0 Å². The largest absolute Gasteiger partial charge is 0.394 e. The van der Waals surface area contributed by atoms with E-state index in [1.165, 1.54) is 5.56 Å². The van der Waals surface area contributed by atoms with Gasteiger partial charge in [-0.05, 0) is 17.2 Å². The predicted octanol–water partition coefficient (Wildman–Crippen LogP) is 2.91. The minimum atomic E-state index is -0.138. The van der Waals surface area contributed by atoms with Crippen molar-refractivity contribution in [3.63, 3.8) is 0 Å². The van der Waals surface area contributed by atoms with E-state index in [9.17, 15) is 9.90 Å². The lowest BCUT2D eigenvalue weighted by Crippen LogP contribution is -2.54. The molecule has 5 heteroatoms. The minimum Gasteiger partial charge on any atom is -0.394 e. The van der Waals surface area contributed by atoms with Gasteiger partial charge in [-0.1, -0.05) is 66.7 Å². The summed E-state index contributed by atoms with van der Waals surface area (Å²) in [6.07, 6.45) is 5.06. The Bertz CT molecular complexity index is 796. The van der Waals surface area contributed by atoms with Crippen molar-refractivity contribution in [3.05, 3.63) is 83.9 Å². The van der Waals surface area contributed by atoms with Gasteiger partial charge in [-0.25, -0.2) is 0 Å². The van der Waals surface area contributed by atoms with Crippen LogP contribution in [0.4, 0.5) is 0 Å². The van der Waals surface area contributed by atoms with Crippen LogP contribution in [0.15, 0.2) is 72.8 Å². The lowest BCUT2D eigenvalue weighted by molar-refractivity contribution is -0.104. The number of aldehydes is 1. The molecule has 2 heterocycles. The molecule has 0 saturated carbocycles. The van der Waals surface area contributed by atoms with Gasteiger partial charge in [0.25, 0.3) is 0 Å². The van der Waals surface area contributed by atoms with Crippen molar-refractivity contribution < 1.29 is 14.6 Å². The first-order valence-electron chi connectivity index (χ1n) is 9.77. The van der Waals surface area contributed by atoms with Crippen LogP contribution in [0.5, 0.6) is 0 Å². The minimum absolute atomic E-state index is 0.0119. The molecule has 146 valence electrons. The fourth-order valence-electron chi connectivity index (χ4n) is 4.36. The third kappa shape index (κ3) is 3.80. The summed E-state index contributed by atoms with van der Waals surface area (Å²) in [7, 11) is 0. The van der Waals surface area contributed by atoms with Gasteiger partial charge in [-0.15, -0.1) is 0 Å². The zero-order valence-corrected chi connectivity index (χ0v) is 15.8. The van der Waals surface area contributed by atoms with E-state index in [0.717, 1.165) is 18.3 Å². The molecular formula is C23H26N2O3. The van der Waals surface area contributed by atoms with Crippen molar-refractivity contribution in [2.45, 2.75) is 30.8 Å². The highest BCUT2D eigenvalue weighted by Gasteiger charge is 2.44. The maximum atomic E-state index is 10.9. The molecule has 0 spiro atoms. The first-order chi connectivity index (χ1) is 13.8. The number of benzene rings is 2. The smallest absolute Gasteiger partial charge is 0.142 e. The maximum absolute atomic E-state index is 10.9. The van der Waals surface area contributed by atoms with E-state index in [4.69, 9.17) is 4.74 Å². The van der Waals surface area contributed by atoms with Crippen molar-refractivity contribution in [2.75, 3.05) is 19.9 Å². The molecule has 2 fully saturated rings. The fourth-order valence-corrected chi connectivity index (χ4v) is 4.36. The van der Waals surface area contributed by atoms with Crippen LogP contribution in [0, 0.1) is 0 Å². The van der Waals surface area contributed by atoms with Gasteiger partial charge in [-0.3, -0.25) is 14.6 Å². The van der Waals surface area contributed by atoms with Gasteiger partial charge < -0.3 is 9.84 Å². The maximum Gasteiger partial charge on any atom is 0.142 e. The van der Waals surface area contributed by atoms with E-state index in [1.54, 1.807) is 6.08 Å². The molecule has 4 atom stereocenters. The second-order valence-electron chi connectivity index (χ2n) is 7.32. The molecule has 2 aliphatic rings. The highest BCUT2D eigenvalue weighted by Crippen LogP contribution is 2.39. The Hall–Kier alpha value is -2.31. The fraction of sp³-hybridized carbons (Fsp3) is 0.348. The number of carbonyl (C=O) groups excluding carboxylic acids is 1. The normalized spacial score (nSPS) is 27.0. The lowest BCUT2D eigenvalue weighted by Gasteiger charge is -2.46. The molecule has 2 aromatic carbocycles. The van der Waals surface area contributed by atoms with Gasteiger partial charge in [0.05, 0.1) is 32.0 Å². The first kappa shape index (κ1) is 19.0. The summed E-state index contributed by atoms with van der Waals surface area (Å²) in [5.41, 5.74) is 2.32. The van der Waals surface area contributed by atoms with E-state index in [0.29, 0.717) is 13.3 Å². The Morgan fingerprint density at radius 3 is 2.50 bits per heavy atom. The van der Waals surface area contributed by atoms with Crippen LogP contribution in [0.1, 0.15) is 29.6 Å². The van der Waals surface area contributed by atoms with Gasteiger partial charge in [0.15, 0.2) is 0 Å². The van der Waals surface area contributed by atoms with Crippen LogP contribution in [0.25, 0.3) is 0 Å². The Kier molecular flexibility index (Phi) is 5.98. The second kappa shape index (κ2) is 8.80. The predicted molar refractivity (Wildman–Crippen MR) is 107 cm³/mol. The zero-order valence-electron chi connectivity index (χ0n) is 15.8. The molecule has 1 unspecified atom stereocenters. The van der Waals surface area contributed by atoms with Gasteiger partial charge >= 0.3 is 0 Å². The zero-order chi connectivity index (χ0) is 19.3. The number of aliphatic hydroxyl groups excluding tert-OH is 1. The van der Waals surface area contributed by atoms with Crippen LogP contribution in [0.3, 0.4) is 0 Å². The molecule has 0 amide bonds. The third-order valence-corrected chi connectivity index (χ3v) is 5.77. The molecule has 5 nitrogen and oxygen atoms in total. The molecule has 2 aromatic rings. The second-order valence-corrected chi connectivity index (χ2v) is 7.32. The standard InChI is InChI=1S/C23H26N2O3/c26-13-7-12-20-14-23-25(22(16-28-23)19-10-5-2-6-11-19)17-24(20)21(15-27)18-8-3-1-4-9-18/h1-13,20-23,27H,14-17H2/b12-7+/t20-,21+,22+,23?/m1/s1. The summed E-state index contributed by atoms with van der Waals surface area (Å²) in [6.45, 7) is 1.34. The number of nitrogens with zero attached hydrogens (tertiary/aromatic N) is 2. The number of hydrogen-bond acceptors (Lipinski definition) is 5. The highest BCUT2D eigenvalue weighted by atomic mass is 16.5. The van der Waals surface area contributed by atoms with E-state index < -0.39 is 0 Å². The molecule has 0 bridgehead atoms. The SMILES string of the molecule is O=C/C=C/[C@@H]1CC2OC[C@@H](c3ccccc3)N2CN1[C@@H](CO)c1ccccc1. The molecule has 2 aliphatic heterocycles. The molecule has 28 heavy (non-hydrogen) atoms. The number of fused-ring (bicyclic) bond motifs is 1. The van der Waals surface area contributed by atoms with E-state index in [1.807, 2.05) is 42.5 Å². The summed E-state index contributed by atoms with van der Waals surface area (Å²) in [5, 5.41) is 10.2. The molecule has 0 aliphatic carbocycles. The molecule has 0 radical (unpaired) electrons. The Morgan fingerprint density at radius 2 is 1.82 bits per heavy atom. The molecule has 4 rings (SSSR count). The number of aliphatic hydroxyl groups is 1. The molecule has 0 aromatic heterocycles. The summed E-state index contributed by atoms with van der Waals surface area (Å²) >= 11 is 0. The highest BCUT2D eigenvalue weighted by molar-refractivity contribution is 5.64. The number of allylic oxidation sites excluding steroid dienone is 1. The Balaban J connectivity index is 1.64. The van der Waals surface area contributed by atoms with Crippen molar-refractivity contribution in [3.8, 4) is 0 Å². The number of hydrogen-bond donors (Lipinski definition) is 1. The molecule has 1 N–H and O–H groups in total. The Morgan fingerprint density at radius 1 is 1.11 bits per heavy atom. The summed E-state index contributed by atoms with van der Waals surface area (Å²) in [6, 6.07) is 20.6. The monoisotopic (exact) mass is 378 g/mol. The quantitative estimate of drug-likeness (QED) is 0.619. The summed E-state index contributed by atoms with van der Waals surface area (Å²) in [5.74, 6) is 0. The van der Waals surface area contributed by atoms with E-state index in [2.05, 4.69) is 34.1 Å². The van der Waals surface area contributed by atoms with E-state index in [-0.39, 0.29) is 31.0 Å². The third-order valence-electron chi connectivity index (χ3n) is 5.77. The number of ether oxygens (including phenoxy) is 1. The van der Waals surface area contributed by atoms with Crippen molar-refractivity contribution >= 4 is 6.29 Å². The van der Waals surface area contributed by atoms with E-state index >= 15 is 0 Å². The van der Waals surface area contributed by atoms with Crippen LogP contribution in [-0.2, 0) is 9.53 Å².